The number of nitrogens with zero attached hydrogens (tertiary/aromatic N) is 1. The Bertz CT molecular complexity index is 1380. The summed E-state index contributed by atoms with van der Waals surface area (Å²) in [5.41, 5.74) is 1.92. The summed E-state index contributed by atoms with van der Waals surface area (Å²) in [5.74, 6) is -0.846. The molecule has 0 radical (unpaired) electrons. The fraction of sp³-hybridized carbons (Fsp3) is 0.138. The topological polar surface area (TPSA) is 131 Å². The fourth-order valence-electron chi connectivity index (χ4n) is 3.75. The first-order valence-electron chi connectivity index (χ1n) is 11.8. The van der Waals surface area contributed by atoms with Gasteiger partial charge in [0, 0.05) is 0 Å². The number of carbonyl (C=O) groups is 2. The first-order chi connectivity index (χ1) is 18.4. The number of amides is 1. The van der Waals surface area contributed by atoms with Gasteiger partial charge in [0.1, 0.15) is 12.4 Å². The van der Waals surface area contributed by atoms with Crippen molar-refractivity contribution in [3.05, 3.63) is 119 Å². The van der Waals surface area contributed by atoms with Crippen molar-refractivity contribution in [1.29, 1.82) is 0 Å². The molecule has 4 rings (SSSR count). The maximum Gasteiger partial charge on any atom is 0.371 e. The molecule has 0 bridgehead atoms. The lowest BCUT2D eigenvalue weighted by Gasteiger charge is -2.27. The quantitative estimate of drug-likeness (QED) is 0.200. The van der Waals surface area contributed by atoms with E-state index in [0.29, 0.717) is 40.6 Å². The summed E-state index contributed by atoms with van der Waals surface area (Å²) in [6.07, 6.45) is 1.42. The number of furan rings is 1. The highest BCUT2D eigenvalue weighted by molar-refractivity contribution is 5.91. The van der Waals surface area contributed by atoms with Crippen LogP contribution in [0.1, 0.15) is 39.9 Å². The molecule has 0 aliphatic carbocycles. The highest BCUT2D eigenvalue weighted by atomic mass is 16.5. The SMILES string of the molecule is CCOc1cc(C=NNC(=O)C(O)(c2ccccc2)c2ccccc2)ccc1OCc1ccc(C(=O)O)o1. The number of aliphatic hydroxyl groups is 1. The van der Waals surface area contributed by atoms with Gasteiger partial charge in [0.25, 0.3) is 5.91 Å². The smallest absolute Gasteiger partial charge is 0.371 e. The van der Waals surface area contributed by atoms with Crippen LogP contribution in [-0.4, -0.2) is 34.9 Å². The monoisotopic (exact) mass is 514 g/mol. The van der Waals surface area contributed by atoms with Crippen molar-refractivity contribution in [2.75, 3.05) is 6.61 Å². The van der Waals surface area contributed by atoms with Gasteiger partial charge < -0.3 is 24.1 Å². The lowest BCUT2D eigenvalue weighted by atomic mass is 9.85. The van der Waals surface area contributed by atoms with Crippen molar-refractivity contribution >= 4 is 18.1 Å². The number of hydrogen-bond donors (Lipinski definition) is 3. The van der Waals surface area contributed by atoms with Crippen LogP contribution >= 0.6 is 0 Å². The largest absolute Gasteiger partial charge is 0.490 e. The highest BCUT2D eigenvalue weighted by Crippen LogP contribution is 2.31. The lowest BCUT2D eigenvalue weighted by Crippen LogP contribution is -2.43. The van der Waals surface area contributed by atoms with Gasteiger partial charge in [0.15, 0.2) is 17.1 Å². The fourth-order valence-corrected chi connectivity index (χ4v) is 3.75. The summed E-state index contributed by atoms with van der Waals surface area (Å²) >= 11 is 0. The van der Waals surface area contributed by atoms with Gasteiger partial charge in [-0.2, -0.15) is 5.10 Å². The number of hydrogen-bond acceptors (Lipinski definition) is 7. The Balaban J connectivity index is 1.49. The molecule has 3 aromatic carbocycles. The minimum absolute atomic E-state index is 0.00834. The molecule has 9 heteroatoms. The average Bonchev–Trinajstić information content (AvgIpc) is 3.43. The highest BCUT2D eigenvalue weighted by Gasteiger charge is 2.39. The summed E-state index contributed by atoms with van der Waals surface area (Å²) < 4.78 is 16.6. The van der Waals surface area contributed by atoms with Crippen molar-refractivity contribution in [3.63, 3.8) is 0 Å². The number of rotatable bonds is 11. The van der Waals surface area contributed by atoms with E-state index in [4.69, 9.17) is 19.0 Å². The number of hydrazone groups is 1. The number of aromatic carboxylic acids is 1. The van der Waals surface area contributed by atoms with E-state index in [1.807, 2.05) is 6.92 Å². The number of carboxylic acid groups (broad SMARTS) is 1. The van der Waals surface area contributed by atoms with Gasteiger partial charge in [-0.25, -0.2) is 10.2 Å². The molecule has 1 heterocycles. The van der Waals surface area contributed by atoms with Crippen LogP contribution in [0.3, 0.4) is 0 Å². The molecule has 9 nitrogen and oxygen atoms in total. The van der Waals surface area contributed by atoms with Crippen molar-refractivity contribution in [2.24, 2.45) is 5.10 Å². The van der Waals surface area contributed by atoms with Crippen LogP contribution in [-0.2, 0) is 17.0 Å². The second-order valence-electron chi connectivity index (χ2n) is 8.14. The molecule has 0 aliphatic heterocycles. The van der Waals surface area contributed by atoms with E-state index in [0.717, 1.165) is 0 Å². The minimum atomic E-state index is -1.94. The molecule has 0 saturated heterocycles. The molecule has 194 valence electrons. The molecule has 0 saturated carbocycles. The van der Waals surface area contributed by atoms with Crippen LogP contribution in [0.15, 0.2) is 101 Å². The number of nitrogens with one attached hydrogen (secondary N) is 1. The molecule has 0 spiro atoms. The zero-order valence-corrected chi connectivity index (χ0v) is 20.5. The Kier molecular flexibility index (Phi) is 8.20. The first kappa shape index (κ1) is 26.2. The average molecular weight is 515 g/mol. The molecular weight excluding hydrogens is 488 g/mol. The van der Waals surface area contributed by atoms with E-state index in [1.54, 1.807) is 78.9 Å². The summed E-state index contributed by atoms with van der Waals surface area (Å²) in [4.78, 5) is 24.2. The second kappa shape index (κ2) is 11.9. The van der Waals surface area contributed by atoms with Gasteiger partial charge in [-0.3, -0.25) is 4.79 Å². The van der Waals surface area contributed by atoms with Crippen molar-refractivity contribution < 1.29 is 33.7 Å². The predicted molar refractivity (Wildman–Crippen MR) is 139 cm³/mol. The predicted octanol–water partition coefficient (Wildman–Crippen LogP) is 4.34. The Hall–Kier alpha value is -4.89. The van der Waals surface area contributed by atoms with Crippen molar-refractivity contribution in [1.82, 2.24) is 5.43 Å². The molecule has 38 heavy (non-hydrogen) atoms. The molecule has 1 amide bonds. The van der Waals surface area contributed by atoms with Crippen LogP contribution in [0.25, 0.3) is 0 Å². The van der Waals surface area contributed by atoms with Crippen LogP contribution < -0.4 is 14.9 Å². The van der Waals surface area contributed by atoms with Crippen LogP contribution in [0.5, 0.6) is 11.5 Å². The third-order valence-corrected chi connectivity index (χ3v) is 5.60. The molecule has 3 N–H and O–H groups in total. The van der Waals surface area contributed by atoms with Gasteiger partial charge in [-0.1, -0.05) is 60.7 Å². The summed E-state index contributed by atoms with van der Waals surface area (Å²) in [7, 11) is 0. The summed E-state index contributed by atoms with van der Waals surface area (Å²) in [6.45, 7) is 2.21. The number of benzene rings is 3. The van der Waals surface area contributed by atoms with Crippen LogP contribution in [0.4, 0.5) is 0 Å². The molecule has 4 aromatic rings. The van der Waals surface area contributed by atoms with E-state index in [9.17, 15) is 14.7 Å². The maximum atomic E-state index is 13.2. The van der Waals surface area contributed by atoms with Gasteiger partial charge in [0.2, 0.25) is 5.76 Å². The molecule has 0 atom stereocenters. The zero-order chi connectivity index (χ0) is 27.0. The Morgan fingerprint density at radius 3 is 2.16 bits per heavy atom. The standard InChI is InChI=1S/C29H26N2O7/c1-2-36-26-17-20(13-15-24(26)37-19-23-14-16-25(38-23)27(32)33)18-30-31-28(34)29(35,21-9-5-3-6-10-21)22-11-7-4-8-12-22/h3-18,35H,2,19H2,1H3,(H,31,34)(H,32,33). The van der Waals surface area contributed by atoms with Crippen LogP contribution in [0.2, 0.25) is 0 Å². The number of ether oxygens (including phenoxy) is 2. The first-order valence-corrected chi connectivity index (χ1v) is 11.8. The third-order valence-electron chi connectivity index (χ3n) is 5.60. The molecule has 0 fully saturated rings. The minimum Gasteiger partial charge on any atom is -0.490 e. The van der Waals surface area contributed by atoms with Gasteiger partial charge in [0.05, 0.1) is 12.8 Å². The Morgan fingerprint density at radius 1 is 0.921 bits per heavy atom. The normalized spacial score (nSPS) is 11.3. The Morgan fingerprint density at radius 2 is 1.58 bits per heavy atom. The zero-order valence-electron chi connectivity index (χ0n) is 20.5. The second-order valence-corrected chi connectivity index (χ2v) is 8.14. The molecular formula is C29H26N2O7. The third kappa shape index (κ3) is 5.91. The van der Waals surface area contributed by atoms with E-state index in [2.05, 4.69) is 10.5 Å². The number of carboxylic acids is 1. The summed E-state index contributed by atoms with van der Waals surface area (Å²) in [5, 5.41) is 24.5. The lowest BCUT2D eigenvalue weighted by molar-refractivity contribution is -0.136. The van der Waals surface area contributed by atoms with E-state index < -0.39 is 17.5 Å². The van der Waals surface area contributed by atoms with E-state index in [1.165, 1.54) is 18.3 Å². The number of carbonyl (C=O) groups excluding carboxylic acids is 1. The van der Waals surface area contributed by atoms with E-state index >= 15 is 0 Å². The van der Waals surface area contributed by atoms with Gasteiger partial charge >= 0.3 is 5.97 Å². The molecule has 1 aromatic heterocycles. The Labute approximate surface area is 219 Å². The van der Waals surface area contributed by atoms with Crippen molar-refractivity contribution in [3.8, 4) is 11.5 Å². The summed E-state index contributed by atoms with van der Waals surface area (Å²) in [6, 6.07) is 25.2. The maximum absolute atomic E-state index is 13.2. The van der Waals surface area contributed by atoms with E-state index in [-0.39, 0.29) is 12.4 Å². The van der Waals surface area contributed by atoms with Gasteiger partial charge in [-0.15, -0.1) is 0 Å². The van der Waals surface area contributed by atoms with Gasteiger partial charge in [-0.05, 0) is 53.9 Å². The van der Waals surface area contributed by atoms with Crippen LogP contribution in [0, 0.1) is 0 Å². The van der Waals surface area contributed by atoms with Crippen molar-refractivity contribution in [2.45, 2.75) is 19.1 Å². The molecule has 0 aliphatic rings. The molecule has 0 unspecified atom stereocenters.